The molecule has 4 aromatic rings. The molecule has 1 N–H and O–H groups in total. The maximum Gasteiger partial charge on any atom is 0.261 e. The minimum atomic E-state index is -0.196. The normalized spacial score (nSPS) is 14.8. The van der Waals surface area contributed by atoms with Gasteiger partial charge in [-0.15, -0.1) is 0 Å². The lowest BCUT2D eigenvalue weighted by atomic mass is 10.1. The lowest BCUT2D eigenvalue weighted by Gasteiger charge is -2.17. The Morgan fingerprint density at radius 3 is 2.67 bits per heavy atom. The van der Waals surface area contributed by atoms with E-state index < -0.39 is 0 Å². The lowest BCUT2D eigenvalue weighted by Crippen LogP contribution is -2.28. The highest BCUT2D eigenvalue weighted by molar-refractivity contribution is 5.97. The Morgan fingerprint density at radius 2 is 1.88 bits per heavy atom. The van der Waals surface area contributed by atoms with Crippen molar-refractivity contribution in [1.29, 1.82) is 0 Å². The highest BCUT2D eigenvalue weighted by atomic mass is 16.1. The number of rotatable bonds is 4. The van der Waals surface area contributed by atoms with Crippen LogP contribution in [0.5, 0.6) is 0 Å². The Kier molecular flexibility index (Phi) is 5.73. The van der Waals surface area contributed by atoms with Crippen LogP contribution < -0.4 is 10.9 Å². The Morgan fingerprint density at radius 1 is 1.06 bits per heavy atom. The molecule has 1 atom stereocenters. The fourth-order valence-corrected chi connectivity index (χ4v) is 4.36. The topological polar surface area (TPSA) is 94.7 Å². The highest BCUT2D eigenvalue weighted by Crippen LogP contribution is 2.19. The molecule has 168 valence electrons. The van der Waals surface area contributed by atoms with Gasteiger partial charge in [0.15, 0.2) is 0 Å². The summed E-state index contributed by atoms with van der Waals surface area (Å²) in [4.78, 5) is 34.7. The summed E-state index contributed by atoms with van der Waals surface area (Å²) in [6.45, 7) is 2.66. The number of hydrogen-bond acceptors (Lipinski definition) is 5. The molecule has 1 unspecified atom stereocenters. The molecule has 1 aliphatic rings. The Labute approximate surface area is 191 Å². The van der Waals surface area contributed by atoms with E-state index in [0.29, 0.717) is 23.0 Å². The minimum Gasteiger partial charge on any atom is -0.346 e. The molecule has 0 radical (unpaired) electrons. The monoisotopic (exact) mass is 442 g/mol. The molecular formula is C25H26N6O2. The zero-order valence-corrected chi connectivity index (χ0v) is 18.6. The van der Waals surface area contributed by atoms with Gasteiger partial charge in [0.1, 0.15) is 18.5 Å². The number of carbonyl (C=O) groups is 1. The largest absolute Gasteiger partial charge is 0.346 e. The smallest absolute Gasteiger partial charge is 0.261 e. The molecule has 2 aromatic carbocycles. The Hall–Kier alpha value is -3.81. The quantitative estimate of drug-likeness (QED) is 0.521. The van der Waals surface area contributed by atoms with Gasteiger partial charge in [-0.3, -0.25) is 14.2 Å². The van der Waals surface area contributed by atoms with Crippen molar-refractivity contribution in [3.05, 3.63) is 82.4 Å². The molecule has 0 saturated carbocycles. The second-order valence-electron chi connectivity index (χ2n) is 8.51. The first-order valence-corrected chi connectivity index (χ1v) is 11.4. The second kappa shape index (κ2) is 8.97. The van der Waals surface area contributed by atoms with E-state index in [1.165, 1.54) is 6.33 Å². The predicted molar refractivity (Wildman–Crippen MR) is 125 cm³/mol. The van der Waals surface area contributed by atoms with Crippen molar-refractivity contribution in [2.24, 2.45) is 0 Å². The van der Waals surface area contributed by atoms with Gasteiger partial charge in [0, 0.05) is 18.5 Å². The van der Waals surface area contributed by atoms with Gasteiger partial charge in [-0.2, -0.15) is 5.10 Å². The molecule has 33 heavy (non-hydrogen) atoms. The van der Waals surface area contributed by atoms with Gasteiger partial charge in [0.25, 0.3) is 11.5 Å². The molecule has 2 aromatic heterocycles. The Bertz CT molecular complexity index is 1340. The van der Waals surface area contributed by atoms with Gasteiger partial charge in [-0.25, -0.2) is 14.6 Å². The summed E-state index contributed by atoms with van der Waals surface area (Å²) in [6.07, 6.45) is 8.26. The van der Waals surface area contributed by atoms with Gasteiger partial charge in [-0.1, -0.05) is 25.0 Å². The molecule has 3 heterocycles. The number of aryl methyl sites for hydroxylation is 1. The fraction of sp³-hybridized carbons (Fsp3) is 0.320. The van der Waals surface area contributed by atoms with Crippen LogP contribution in [0, 0.1) is 0 Å². The summed E-state index contributed by atoms with van der Waals surface area (Å²) < 4.78 is 3.49. The molecule has 1 amide bonds. The predicted octanol–water partition coefficient (Wildman–Crippen LogP) is 3.58. The summed E-state index contributed by atoms with van der Waals surface area (Å²) >= 11 is 0. The Balaban J connectivity index is 1.36. The summed E-state index contributed by atoms with van der Waals surface area (Å²) in [5.74, 6) is 0.629. The third-order valence-electron chi connectivity index (χ3n) is 6.25. The first-order valence-electron chi connectivity index (χ1n) is 11.4. The number of amides is 1. The van der Waals surface area contributed by atoms with Gasteiger partial charge in [0.05, 0.1) is 22.6 Å². The average molecular weight is 443 g/mol. The second-order valence-corrected chi connectivity index (χ2v) is 8.51. The molecule has 8 nitrogen and oxygen atoms in total. The zero-order chi connectivity index (χ0) is 22.8. The van der Waals surface area contributed by atoms with Gasteiger partial charge in [-0.05, 0) is 55.7 Å². The van der Waals surface area contributed by atoms with Crippen LogP contribution in [-0.2, 0) is 13.0 Å². The summed E-state index contributed by atoms with van der Waals surface area (Å²) in [5, 5.41) is 7.73. The number of hydrogen-bond donors (Lipinski definition) is 1. The molecule has 0 bridgehead atoms. The van der Waals surface area contributed by atoms with E-state index in [2.05, 4.69) is 15.4 Å². The highest BCUT2D eigenvalue weighted by Gasteiger charge is 2.16. The van der Waals surface area contributed by atoms with E-state index in [9.17, 15) is 9.59 Å². The SMILES string of the molecule is CC(NC(=O)c1ccc2c(=O)n3c(nc2c1)CCCCCC3)c1ccc(-n2cncn2)cc1. The molecule has 0 spiro atoms. The first kappa shape index (κ1) is 21.1. The van der Waals surface area contributed by atoms with E-state index in [-0.39, 0.29) is 17.5 Å². The van der Waals surface area contributed by atoms with E-state index in [1.54, 1.807) is 29.2 Å². The first-order chi connectivity index (χ1) is 16.1. The summed E-state index contributed by atoms with van der Waals surface area (Å²) in [7, 11) is 0. The van der Waals surface area contributed by atoms with Crippen LogP contribution in [0.25, 0.3) is 16.6 Å². The molecule has 0 fully saturated rings. The maximum atomic E-state index is 13.0. The van der Waals surface area contributed by atoms with Crippen LogP contribution >= 0.6 is 0 Å². The van der Waals surface area contributed by atoms with Crippen LogP contribution in [0.1, 0.15) is 60.4 Å². The molecule has 0 aliphatic carbocycles. The van der Waals surface area contributed by atoms with Crippen molar-refractivity contribution in [2.45, 2.75) is 51.6 Å². The van der Waals surface area contributed by atoms with Crippen molar-refractivity contribution in [3.8, 4) is 5.69 Å². The average Bonchev–Trinajstić information content (AvgIpc) is 3.35. The van der Waals surface area contributed by atoms with Crippen molar-refractivity contribution < 1.29 is 4.79 Å². The van der Waals surface area contributed by atoms with Gasteiger partial charge < -0.3 is 5.32 Å². The maximum absolute atomic E-state index is 13.0. The van der Waals surface area contributed by atoms with Crippen molar-refractivity contribution >= 4 is 16.8 Å². The zero-order valence-electron chi connectivity index (χ0n) is 18.6. The number of nitrogens with one attached hydrogen (secondary N) is 1. The number of carbonyl (C=O) groups excluding carboxylic acids is 1. The van der Waals surface area contributed by atoms with Gasteiger partial charge in [0.2, 0.25) is 0 Å². The van der Waals surface area contributed by atoms with Crippen molar-refractivity contribution in [2.75, 3.05) is 0 Å². The molecule has 8 heteroatoms. The van der Waals surface area contributed by atoms with Crippen LogP contribution in [0.4, 0.5) is 0 Å². The minimum absolute atomic E-state index is 0.00954. The molecule has 5 rings (SSSR count). The molecular weight excluding hydrogens is 416 g/mol. The summed E-state index contributed by atoms with van der Waals surface area (Å²) in [6, 6.07) is 12.8. The number of benzene rings is 2. The van der Waals surface area contributed by atoms with E-state index in [1.807, 2.05) is 35.8 Å². The fourth-order valence-electron chi connectivity index (χ4n) is 4.36. The number of fused-ring (bicyclic) bond motifs is 2. The molecule has 0 saturated heterocycles. The number of aromatic nitrogens is 5. The van der Waals surface area contributed by atoms with Crippen molar-refractivity contribution in [3.63, 3.8) is 0 Å². The van der Waals surface area contributed by atoms with E-state index >= 15 is 0 Å². The van der Waals surface area contributed by atoms with Crippen LogP contribution in [0.15, 0.2) is 59.9 Å². The van der Waals surface area contributed by atoms with Crippen LogP contribution in [-0.4, -0.2) is 30.2 Å². The van der Waals surface area contributed by atoms with E-state index in [0.717, 1.165) is 49.2 Å². The standard InChI is InChI=1S/C25H26N6O2/c1-17(18-7-10-20(11-8-18)31-16-26-15-27-31)28-24(32)19-9-12-21-22(14-19)29-23-6-4-2-3-5-13-30(23)25(21)33/h7-12,14-17H,2-6,13H2,1H3,(H,28,32). The number of nitrogens with zero attached hydrogens (tertiary/aromatic N) is 5. The van der Waals surface area contributed by atoms with Crippen LogP contribution in [0.2, 0.25) is 0 Å². The lowest BCUT2D eigenvalue weighted by molar-refractivity contribution is 0.0940. The third kappa shape index (κ3) is 4.28. The molecule has 1 aliphatic heterocycles. The third-order valence-corrected chi connectivity index (χ3v) is 6.25. The van der Waals surface area contributed by atoms with Crippen molar-refractivity contribution in [1.82, 2.24) is 29.6 Å². The van der Waals surface area contributed by atoms with E-state index in [4.69, 9.17) is 4.98 Å². The summed E-state index contributed by atoms with van der Waals surface area (Å²) in [5.41, 5.74) is 2.95. The van der Waals surface area contributed by atoms with Crippen LogP contribution in [0.3, 0.4) is 0 Å². The van der Waals surface area contributed by atoms with Gasteiger partial charge >= 0.3 is 0 Å².